The normalized spacial score (nSPS) is 13.1. The Kier molecular flexibility index (Phi) is 5.29. The van der Waals surface area contributed by atoms with E-state index < -0.39 is 0 Å². The molecule has 0 bridgehead atoms. The number of hydrogen-bond donors (Lipinski definition) is 1. The van der Waals surface area contributed by atoms with Gasteiger partial charge in [0, 0.05) is 25.0 Å². The van der Waals surface area contributed by atoms with Gasteiger partial charge in [-0.25, -0.2) is 0 Å². The van der Waals surface area contributed by atoms with Crippen LogP contribution < -0.4 is 5.32 Å². The Labute approximate surface area is 92.5 Å². The molecule has 1 atom stereocenters. The lowest BCUT2D eigenvalue weighted by atomic mass is 10.2. The maximum atomic E-state index is 4.00. The first-order valence-corrected chi connectivity index (χ1v) is 5.45. The standard InChI is InChI=1S/C12H21N3/c1-11(6-9-15(2)3)14-10-12-4-7-13-8-5-12/h4-5,7-8,11,14H,6,9-10H2,1-3H3. The van der Waals surface area contributed by atoms with E-state index in [-0.39, 0.29) is 0 Å². The molecule has 0 fully saturated rings. The second-order valence-electron chi connectivity index (χ2n) is 4.23. The Morgan fingerprint density at radius 2 is 2.00 bits per heavy atom. The number of nitrogens with zero attached hydrogens (tertiary/aromatic N) is 2. The molecular weight excluding hydrogens is 186 g/mol. The zero-order valence-corrected chi connectivity index (χ0v) is 9.90. The molecule has 84 valence electrons. The SMILES string of the molecule is CC(CCN(C)C)NCc1ccncc1. The van der Waals surface area contributed by atoms with E-state index >= 15 is 0 Å². The summed E-state index contributed by atoms with van der Waals surface area (Å²) in [5.41, 5.74) is 1.29. The van der Waals surface area contributed by atoms with Gasteiger partial charge in [0.25, 0.3) is 0 Å². The average molecular weight is 207 g/mol. The minimum absolute atomic E-state index is 0.556. The Morgan fingerprint density at radius 3 is 2.60 bits per heavy atom. The molecule has 0 amide bonds. The van der Waals surface area contributed by atoms with Crippen LogP contribution in [0, 0.1) is 0 Å². The van der Waals surface area contributed by atoms with Crippen LogP contribution in [0.5, 0.6) is 0 Å². The number of aromatic nitrogens is 1. The van der Waals surface area contributed by atoms with Gasteiger partial charge in [-0.05, 0) is 51.7 Å². The molecule has 1 heterocycles. The van der Waals surface area contributed by atoms with Crippen molar-refractivity contribution in [1.82, 2.24) is 15.2 Å². The van der Waals surface area contributed by atoms with Gasteiger partial charge in [-0.2, -0.15) is 0 Å². The third-order valence-corrected chi connectivity index (χ3v) is 2.41. The van der Waals surface area contributed by atoms with Crippen LogP contribution in [0.3, 0.4) is 0 Å². The lowest BCUT2D eigenvalue weighted by Crippen LogP contribution is -2.29. The van der Waals surface area contributed by atoms with Crippen molar-refractivity contribution >= 4 is 0 Å². The molecule has 3 nitrogen and oxygen atoms in total. The zero-order chi connectivity index (χ0) is 11.1. The highest BCUT2D eigenvalue weighted by atomic mass is 15.1. The molecule has 0 aliphatic rings. The summed E-state index contributed by atoms with van der Waals surface area (Å²) in [5.74, 6) is 0. The van der Waals surface area contributed by atoms with Crippen molar-refractivity contribution in [2.45, 2.75) is 25.9 Å². The van der Waals surface area contributed by atoms with Gasteiger partial charge in [-0.1, -0.05) is 0 Å². The van der Waals surface area contributed by atoms with Gasteiger partial charge < -0.3 is 10.2 Å². The summed E-state index contributed by atoms with van der Waals surface area (Å²) in [4.78, 5) is 6.21. The van der Waals surface area contributed by atoms with Crippen molar-refractivity contribution in [2.24, 2.45) is 0 Å². The molecule has 1 rings (SSSR count). The quantitative estimate of drug-likeness (QED) is 0.766. The molecule has 0 spiro atoms. The summed E-state index contributed by atoms with van der Waals surface area (Å²) in [6.07, 6.45) is 4.85. The van der Waals surface area contributed by atoms with Crippen LogP contribution in [-0.4, -0.2) is 36.6 Å². The van der Waals surface area contributed by atoms with Crippen molar-refractivity contribution in [3.8, 4) is 0 Å². The molecule has 0 aliphatic heterocycles. The van der Waals surface area contributed by atoms with Crippen LogP contribution in [-0.2, 0) is 6.54 Å². The first-order chi connectivity index (χ1) is 7.18. The van der Waals surface area contributed by atoms with Crippen LogP contribution in [0.25, 0.3) is 0 Å². The first-order valence-electron chi connectivity index (χ1n) is 5.45. The molecule has 0 aliphatic carbocycles. The van der Waals surface area contributed by atoms with Crippen LogP contribution in [0.2, 0.25) is 0 Å². The Morgan fingerprint density at radius 1 is 1.33 bits per heavy atom. The van der Waals surface area contributed by atoms with E-state index in [1.54, 1.807) is 0 Å². The average Bonchev–Trinajstić information content (AvgIpc) is 2.25. The second kappa shape index (κ2) is 6.53. The third-order valence-electron chi connectivity index (χ3n) is 2.41. The predicted molar refractivity (Wildman–Crippen MR) is 63.7 cm³/mol. The maximum absolute atomic E-state index is 4.00. The monoisotopic (exact) mass is 207 g/mol. The topological polar surface area (TPSA) is 28.2 Å². The summed E-state index contributed by atoms with van der Waals surface area (Å²) in [5, 5.41) is 3.50. The predicted octanol–water partition coefficient (Wildman–Crippen LogP) is 1.51. The minimum Gasteiger partial charge on any atom is -0.310 e. The number of nitrogens with one attached hydrogen (secondary N) is 1. The number of hydrogen-bond acceptors (Lipinski definition) is 3. The van der Waals surface area contributed by atoms with E-state index in [1.807, 2.05) is 24.5 Å². The molecular formula is C12H21N3. The first kappa shape index (κ1) is 12.1. The fourth-order valence-electron chi connectivity index (χ4n) is 1.35. The highest BCUT2D eigenvalue weighted by Gasteiger charge is 2.01. The van der Waals surface area contributed by atoms with E-state index in [0.29, 0.717) is 6.04 Å². The van der Waals surface area contributed by atoms with Gasteiger partial charge in [-0.3, -0.25) is 4.98 Å². The second-order valence-corrected chi connectivity index (χ2v) is 4.23. The van der Waals surface area contributed by atoms with E-state index in [4.69, 9.17) is 0 Å². The largest absolute Gasteiger partial charge is 0.310 e. The molecule has 3 heteroatoms. The van der Waals surface area contributed by atoms with Gasteiger partial charge in [0.15, 0.2) is 0 Å². The van der Waals surface area contributed by atoms with Gasteiger partial charge >= 0.3 is 0 Å². The molecule has 0 aromatic carbocycles. The van der Waals surface area contributed by atoms with Gasteiger partial charge in [0.2, 0.25) is 0 Å². The van der Waals surface area contributed by atoms with E-state index in [0.717, 1.165) is 13.1 Å². The number of rotatable bonds is 6. The fourth-order valence-corrected chi connectivity index (χ4v) is 1.35. The van der Waals surface area contributed by atoms with Crippen molar-refractivity contribution < 1.29 is 0 Å². The van der Waals surface area contributed by atoms with Crippen molar-refractivity contribution in [2.75, 3.05) is 20.6 Å². The molecule has 1 aromatic heterocycles. The summed E-state index contributed by atoms with van der Waals surface area (Å²) in [6.45, 7) is 4.28. The lowest BCUT2D eigenvalue weighted by molar-refractivity contribution is 0.365. The van der Waals surface area contributed by atoms with Crippen molar-refractivity contribution in [3.63, 3.8) is 0 Å². The minimum atomic E-state index is 0.556. The van der Waals surface area contributed by atoms with Gasteiger partial charge in [0.05, 0.1) is 0 Å². The Hall–Kier alpha value is -0.930. The molecule has 15 heavy (non-hydrogen) atoms. The van der Waals surface area contributed by atoms with Crippen molar-refractivity contribution in [3.05, 3.63) is 30.1 Å². The zero-order valence-electron chi connectivity index (χ0n) is 9.90. The maximum Gasteiger partial charge on any atom is 0.0271 e. The summed E-state index contributed by atoms with van der Waals surface area (Å²) >= 11 is 0. The van der Waals surface area contributed by atoms with E-state index in [1.165, 1.54) is 12.0 Å². The van der Waals surface area contributed by atoms with Crippen LogP contribution in [0.15, 0.2) is 24.5 Å². The Bertz CT molecular complexity index is 259. The summed E-state index contributed by atoms with van der Waals surface area (Å²) in [6, 6.07) is 4.65. The smallest absolute Gasteiger partial charge is 0.0271 e. The van der Waals surface area contributed by atoms with Crippen LogP contribution in [0.1, 0.15) is 18.9 Å². The molecule has 0 saturated heterocycles. The van der Waals surface area contributed by atoms with Crippen LogP contribution >= 0.6 is 0 Å². The highest BCUT2D eigenvalue weighted by Crippen LogP contribution is 1.98. The lowest BCUT2D eigenvalue weighted by Gasteiger charge is -2.16. The van der Waals surface area contributed by atoms with Crippen molar-refractivity contribution in [1.29, 1.82) is 0 Å². The Balaban J connectivity index is 2.19. The van der Waals surface area contributed by atoms with Crippen LogP contribution in [0.4, 0.5) is 0 Å². The molecule has 0 saturated carbocycles. The third kappa shape index (κ3) is 5.50. The summed E-state index contributed by atoms with van der Waals surface area (Å²) in [7, 11) is 4.21. The molecule has 1 N–H and O–H groups in total. The van der Waals surface area contributed by atoms with E-state index in [2.05, 4.69) is 36.2 Å². The van der Waals surface area contributed by atoms with Gasteiger partial charge in [0.1, 0.15) is 0 Å². The highest BCUT2D eigenvalue weighted by molar-refractivity contribution is 5.09. The number of pyridine rings is 1. The molecule has 0 radical (unpaired) electrons. The van der Waals surface area contributed by atoms with Gasteiger partial charge in [-0.15, -0.1) is 0 Å². The molecule has 1 aromatic rings. The van der Waals surface area contributed by atoms with E-state index in [9.17, 15) is 0 Å². The molecule has 1 unspecified atom stereocenters. The fraction of sp³-hybridized carbons (Fsp3) is 0.583. The summed E-state index contributed by atoms with van der Waals surface area (Å²) < 4.78 is 0.